The number of pyridine rings is 1. The fourth-order valence-electron chi connectivity index (χ4n) is 1.55. The molecule has 0 fully saturated rings. The van der Waals surface area contributed by atoms with Crippen LogP contribution in [0.5, 0.6) is 5.88 Å². The van der Waals surface area contributed by atoms with E-state index in [2.05, 4.69) is 15.0 Å². The van der Waals surface area contributed by atoms with E-state index in [1.165, 1.54) is 0 Å². The summed E-state index contributed by atoms with van der Waals surface area (Å²) >= 11 is 5.65. The number of rotatable bonds is 1. The van der Waals surface area contributed by atoms with Crippen LogP contribution in [0, 0.1) is 0 Å². The molecule has 0 aliphatic carbocycles. The van der Waals surface area contributed by atoms with E-state index in [0.717, 1.165) is 5.56 Å². The molecule has 0 saturated carbocycles. The lowest BCUT2D eigenvalue weighted by Gasteiger charge is -1.93. The Balaban J connectivity index is 2.24. The normalized spacial score (nSPS) is 10.9. The first-order valence-electron chi connectivity index (χ1n) is 4.80. The molecule has 3 rings (SSSR count). The SMILES string of the molecule is Oc1nc(Cl)nc2cc(-c3ccncc3)oc12. The van der Waals surface area contributed by atoms with Crippen LogP contribution in [0.25, 0.3) is 22.4 Å². The largest absolute Gasteiger partial charge is 0.491 e. The fourth-order valence-corrected chi connectivity index (χ4v) is 1.72. The Hall–Kier alpha value is -2.14. The summed E-state index contributed by atoms with van der Waals surface area (Å²) in [6, 6.07) is 5.28. The van der Waals surface area contributed by atoms with E-state index in [1.807, 2.05) is 0 Å². The number of nitrogens with zero attached hydrogens (tertiary/aromatic N) is 3. The van der Waals surface area contributed by atoms with Gasteiger partial charge in [0.05, 0.1) is 0 Å². The van der Waals surface area contributed by atoms with Crippen LogP contribution in [0.15, 0.2) is 35.0 Å². The van der Waals surface area contributed by atoms with Crippen LogP contribution in [-0.4, -0.2) is 20.1 Å². The van der Waals surface area contributed by atoms with Gasteiger partial charge in [0.15, 0.2) is 0 Å². The molecule has 3 aromatic heterocycles. The number of halogens is 1. The molecule has 0 bridgehead atoms. The molecule has 0 aliphatic heterocycles. The molecule has 0 saturated heterocycles. The van der Waals surface area contributed by atoms with Crippen LogP contribution in [0.2, 0.25) is 5.28 Å². The molecule has 1 N–H and O–H groups in total. The zero-order valence-electron chi connectivity index (χ0n) is 8.46. The first kappa shape index (κ1) is 10.0. The molecule has 0 aliphatic rings. The number of furan rings is 1. The van der Waals surface area contributed by atoms with Gasteiger partial charge in [0.1, 0.15) is 11.3 Å². The Labute approximate surface area is 101 Å². The van der Waals surface area contributed by atoms with E-state index in [-0.39, 0.29) is 16.7 Å². The average Bonchev–Trinajstić information content (AvgIpc) is 2.74. The van der Waals surface area contributed by atoms with Crippen molar-refractivity contribution in [2.24, 2.45) is 0 Å². The highest BCUT2D eigenvalue weighted by Gasteiger charge is 2.12. The average molecular weight is 248 g/mol. The summed E-state index contributed by atoms with van der Waals surface area (Å²) in [6.07, 6.45) is 3.31. The van der Waals surface area contributed by atoms with E-state index in [0.29, 0.717) is 11.3 Å². The minimum absolute atomic E-state index is 0.0166. The maximum atomic E-state index is 9.57. The van der Waals surface area contributed by atoms with Crippen molar-refractivity contribution in [3.8, 4) is 17.2 Å². The molecule has 0 amide bonds. The van der Waals surface area contributed by atoms with Crippen molar-refractivity contribution in [3.63, 3.8) is 0 Å². The topological polar surface area (TPSA) is 72.0 Å². The third-order valence-corrected chi connectivity index (χ3v) is 2.46. The van der Waals surface area contributed by atoms with Gasteiger partial charge in [-0.3, -0.25) is 4.98 Å². The molecule has 0 spiro atoms. The molecule has 0 unspecified atom stereocenters. The lowest BCUT2D eigenvalue weighted by atomic mass is 10.2. The Bertz CT molecular complexity index is 682. The minimum atomic E-state index is -0.264. The van der Waals surface area contributed by atoms with E-state index in [9.17, 15) is 5.11 Å². The molecule has 84 valence electrons. The lowest BCUT2D eigenvalue weighted by Crippen LogP contribution is -1.81. The van der Waals surface area contributed by atoms with Crippen molar-refractivity contribution in [1.82, 2.24) is 15.0 Å². The van der Waals surface area contributed by atoms with Gasteiger partial charge in [0.2, 0.25) is 10.9 Å². The van der Waals surface area contributed by atoms with Crippen LogP contribution in [-0.2, 0) is 0 Å². The van der Waals surface area contributed by atoms with E-state index < -0.39 is 0 Å². The van der Waals surface area contributed by atoms with Gasteiger partial charge < -0.3 is 9.52 Å². The second kappa shape index (κ2) is 3.71. The van der Waals surface area contributed by atoms with Crippen molar-refractivity contribution in [1.29, 1.82) is 0 Å². The van der Waals surface area contributed by atoms with E-state index >= 15 is 0 Å². The molecule has 3 heterocycles. The number of aromatic hydroxyl groups is 1. The Morgan fingerprint density at radius 3 is 2.71 bits per heavy atom. The van der Waals surface area contributed by atoms with Crippen LogP contribution in [0.1, 0.15) is 0 Å². The summed E-state index contributed by atoms with van der Waals surface area (Å²) in [7, 11) is 0. The predicted molar refractivity (Wildman–Crippen MR) is 61.7 cm³/mol. The number of fused-ring (bicyclic) bond motifs is 1. The minimum Gasteiger partial charge on any atom is -0.491 e. The van der Waals surface area contributed by atoms with Crippen molar-refractivity contribution < 1.29 is 9.52 Å². The molecule has 0 aromatic carbocycles. The summed E-state index contributed by atoms with van der Waals surface area (Å²) in [4.78, 5) is 11.5. The molecule has 3 aromatic rings. The summed E-state index contributed by atoms with van der Waals surface area (Å²) < 4.78 is 5.48. The van der Waals surface area contributed by atoms with Gasteiger partial charge in [-0.05, 0) is 23.7 Å². The highest BCUT2D eigenvalue weighted by atomic mass is 35.5. The van der Waals surface area contributed by atoms with Gasteiger partial charge in [-0.2, -0.15) is 4.98 Å². The number of hydrogen-bond donors (Lipinski definition) is 1. The monoisotopic (exact) mass is 247 g/mol. The quantitative estimate of drug-likeness (QED) is 0.669. The first-order valence-corrected chi connectivity index (χ1v) is 5.18. The van der Waals surface area contributed by atoms with Gasteiger partial charge in [-0.15, -0.1) is 0 Å². The van der Waals surface area contributed by atoms with Gasteiger partial charge in [0, 0.05) is 24.0 Å². The summed E-state index contributed by atoms with van der Waals surface area (Å²) in [5, 5.41) is 9.55. The highest BCUT2D eigenvalue weighted by molar-refractivity contribution is 6.28. The Morgan fingerprint density at radius 1 is 1.18 bits per heavy atom. The zero-order valence-corrected chi connectivity index (χ0v) is 9.22. The molecule has 6 heteroatoms. The molecule has 0 atom stereocenters. The summed E-state index contributed by atoms with van der Waals surface area (Å²) in [5.41, 5.74) is 1.53. The van der Waals surface area contributed by atoms with Gasteiger partial charge in [-0.1, -0.05) is 0 Å². The second-order valence-corrected chi connectivity index (χ2v) is 3.72. The van der Waals surface area contributed by atoms with Crippen LogP contribution in [0.3, 0.4) is 0 Å². The van der Waals surface area contributed by atoms with Crippen molar-refractivity contribution in [3.05, 3.63) is 35.9 Å². The first-order chi connectivity index (χ1) is 8.24. The van der Waals surface area contributed by atoms with Crippen molar-refractivity contribution in [2.45, 2.75) is 0 Å². The van der Waals surface area contributed by atoms with Gasteiger partial charge >= 0.3 is 0 Å². The van der Waals surface area contributed by atoms with Crippen molar-refractivity contribution in [2.75, 3.05) is 0 Å². The Morgan fingerprint density at radius 2 is 1.94 bits per heavy atom. The highest BCUT2D eigenvalue weighted by Crippen LogP contribution is 2.31. The third-order valence-electron chi connectivity index (χ3n) is 2.29. The molecule has 0 radical (unpaired) electrons. The van der Waals surface area contributed by atoms with Crippen LogP contribution < -0.4 is 0 Å². The second-order valence-electron chi connectivity index (χ2n) is 3.38. The standard InChI is InChI=1S/C11H6ClN3O2/c12-11-14-7-5-8(6-1-3-13-4-2-6)17-9(7)10(16)15-11/h1-5H,(H,14,15,16). The zero-order chi connectivity index (χ0) is 11.8. The van der Waals surface area contributed by atoms with Crippen molar-refractivity contribution >= 4 is 22.7 Å². The maximum Gasteiger partial charge on any atom is 0.260 e. The Kier molecular flexibility index (Phi) is 2.19. The third kappa shape index (κ3) is 1.70. The lowest BCUT2D eigenvalue weighted by molar-refractivity contribution is 0.445. The van der Waals surface area contributed by atoms with E-state index in [4.69, 9.17) is 16.0 Å². The number of aromatic nitrogens is 3. The van der Waals surface area contributed by atoms with Gasteiger partial charge in [0.25, 0.3) is 5.88 Å². The molecule has 17 heavy (non-hydrogen) atoms. The molecular weight excluding hydrogens is 242 g/mol. The predicted octanol–water partition coefficient (Wildman–Crippen LogP) is 2.64. The van der Waals surface area contributed by atoms with Crippen LogP contribution >= 0.6 is 11.6 Å². The number of hydrogen-bond acceptors (Lipinski definition) is 5. The van der Waals surface area contributed by atoms with Crippen LogP contribution in [0.4, 0.5) is 0 Å². The van der Waals surface area contributed by atoms with Gasteiger partial charge in [-0.25, -0.2) is 4.98 Å². The summed E-state index contributed by atoms with van der Waals surface area (Å²) in [5.74, 6) is 0.314. The molecular formula is C11H6ClN3O2. The fraction of sp³-hybridized carbons (Fsp3) is 0. The smallest absolute Gasteiger partial charge is 0.260 e. The molecule has 5 nitrogen and oxygen atoms in total. The van der Waals surface area contributed by atoms with E-state index in [1.54, 1.807) is 30.6 Å². The maximum absolute atomic E-state index is 9.57. The summed E-state index contributed by atoms with van der Waals surface area (Å²) in [6.45, 7) is 0.